The van der Waals surface area contributed by atoms with Gasteiger partial charge in [-0.25, -0.2) is 0 Å². The normalized spacial score (nSPS) is 18.5. The molecule has 1 saturated heterocycles. The Bertz CT molecular complexity index is 436. The van der Waals surface area contributed by atoms with E-state index in [2.05, 4.69) is 33.1 Å². The Morgan fingerprint density at radius 2 is 2.11 bits per heavy atom. The third-order valence-electron chi connectivity index (χ3n) is 3.60. The van der Waals surface area contributed by atoms with Gasteiger partial charge in [-0.05, 0) is 34.5 Å². The number of hydrogen-bond acceptors (Lipinski definition) is 3. The summed E-state index contributed by atoms with van der Waals surface area (Å²) < 4.78 is 0.711. The van der Waals surface area contributed by atoms with Gasteiger partial charge in [0.15, 0.2) is 0 Å². The predicted octanol–water partition coefficient (Wildman–Crippen LogP) is 3.55. The van der Waals surface area contributed by atoms with Crippen LogP contribution in [0.2, 0.25) is 5.02 Å². The van der Waals surface area contributed by atoms with Gasteiger partial charge >= 0.3 is 0 Å². The second kappa shape index (κ2) is 6.93. The lowest BCUT2D eigenvalue weighted by atomic mass is 9.98. The van der Waals surface area contributed by atoms with Crippen LogP contribution in [-0.2, 0) is 0 Å². The van der Waals surface area contributed by atoms with Crippen molar-refractivity contribution in [1.82, 2.24) is 10.2 Å². The van der Waals surface area contributed by atoms with E-state index in [0.717, 1.165) is 44.6 Å². The fourth-order valence-corrected chi connectivity index (χ4v) is 3.27. The zero-order valence-corrected chi connectivity index (χ0v) is 13.5. The van der Waals surface area contributed by atoms with E-state index >= 15 is 0 Å². The Morgan fingerprint density at radius 1 is 1.42 bits per heavy atom. The smallest absolute Gasteiger partial charge is 0.136 e. The minimum atomic E-state index is 0.192. The van der Waals surface area contributed by atoms with E-state index in [0.29, 0.717) is 9.50 Å². The maximum atomic E-state index is 10.3. The number of phenols is 1. The second-order valence-electron chi connectivity index (χ2n) is 4.88. The molecule has 0 amide bonds. The summed E-state index contributed by atoms with van der Waals surface area (Å²) in [5, 5.41) is 14.3. The summed E-state index contributed by atoms with van der Waals surface area (Å²) >= 11 is 9.71. The molecule has 1 heterocycles. The molecule has 1 aromatic rings. The molecule has 106 valence electrons. The molecule has 1 aliphatic rings. The summed E-state index contributed by atoms with van der Waals surface area (Å²) in [7, 11) is 0. The molecular weight excluding hydrogens is 328 g/mol. The SMILES string of the molecule is CCC[C@@H](c1c(Cl)ccc(Br)c1O)N1CCNCC1. The van der Waals surface area contributed by atoms with E-state index in [-0.39, 0.29) is 11.8 Å². The van der Waals surface area contributed by atoms with Crippen LogP contribution in [0, 0.1) is 0 Å². The van der Waals surface area contributed by atoms with E-state index in [1.807, 2.05) is 6.07 Å². The lowest BCUT2D eigenvalue weighted by Gasteiger charge is -2.36. The molecule has 1 aliphatic heterocycles. The first-order chi connectivity index (χ1) is 9.15. The Labute approximate surface area is 128 Å². The Kier molecular flexibility index (Phi) is 5.51. The first-order valence-electron chi connectivity index (χ1n) is 6.76. The van der Waals surface area contributed by atoms with Crippen LogP contribution in [0.15, 0.2) is 16.6 Å². The van der Waals surface area contributed by atoms with Crippen LogP contribution in [0.3, 0.4) is 0 Å². The molecule has 0 saturated carbocycles. The van der Waals surface area contributed by atoms with E-state index < -0.39 is 0 Å². The molecule has 0 aromatic heterocycles. The van der Waals surface area contributed by atoms with Gasteiger partial charge in [-0.3, -0.25) is 4.90 Å². The molecule has 5 heteroatoms. The molecule has 0 bridgehead atoms. The number of nitrogens with one attached hydrogen (secondary N) is 1. The first kappa shape index (κ1) is 15.1. The van der Waals surface area contributed by atoms with Gasteiger partial charge in [0, 0.05) is 42.8 Å². The van der Waals surface area contributed by atoms with Gasteiger partial charge in [-0.15, -0.1) is 0 Å². The van der Waals surface area contributed by atoms with E-state index in [1.165, 1.54) is 0 Å². The highest BCUT2D eigenvalue weighted by atomic mass is 79.9. The minimum absolute atomic E-state index is 0.192. The maximum absolute atomic E-state index is 10.3. The van der Waals surface area contributed by atoms with Crippen LogP contribution in [0.4, 0.5) is 0 Å². The van der Waals surface area contributed by atoms with Crippen molar-refractivity contribution < 1.29 is 5.11 Å². The van der Waals surface area contributed by atoms with Crippen molar-refractivity contribution in [2.45, 2.75) is 25.8 Å². The molecule has 1 fully saturated rings. The Hall–Kier alpha value is -0.290. The molecule has 2 N–H and O–H groups in total. The van der Waals surface area contributed by atoms with Crippen molar-refractivity contribution in [3.63, 3.8) is 0 Å². The summed E-state index contributed by atoms with van der Waals surface area (Å²) in [6.45, 7) is 6.14. The number of benzene rings is 1. The molecule has 19 heavy (non-hydrogen) atoms. The van der Waals surface area contributed by atoms with Gasteiger partial charge in [-0.1, -0.05) is 24.9 Å². The third-order valence-corrected chi connectivity index (χ3v) is 4.57. The highest BCUT2D eigenvalue weighted by molar-refractivity contribution is 9.10. The van der Waals surface area contributed by atoms with Crippen molar-refractivity contribution >= 4 is 27.5 Å². The van der Waals surface area contributed by atoms with Gasteiger partial charge in [0.2, 0.25) is 0 Å². The van der Waals surface area contributed by atoms with Crippen molar-refractivity contribution in [1.29, 1.82) is 0 Å². The van der Waals surface area contributed by atoms with E-state index in [9.17, 15) is 5.11 Å². The lowest BCUT2D eigenvalue weighted by Crippen LogP contribution is -2.45. The topological polar surface area (TPSA) is 35.5 Å². The van der Waals surface area contributed by atoms with Gasteiger partial charge in [0.25, 0.3) is 0 Å². The average Bonchev–Trinajstić information content (AvgIpc) is 2.43. The van der Waals surface area contributed by atoms with Crippen molar-refractivity contribution in [2.75, 3.05) is 26.2 Å². The summed E-state index contributed by atoms with van der Waals surface area (Å²) in [6.07, 6.45) is 2.07. The third kappa shape index (κ3) is 3.43. The first-order valence-corrected chi connectivity index (χ1v) is 7.94. The van der Waals surface area contributed by atoms with Gasteiger partial charge < -0.3 is 10.4 Å². The zero-order valence-electron chi connectivity index (χ0n) is 11.1. The van der Waals surface area contributed by atoms with E-state index in [4.69, 9.17) is 11.6 Å². The summed E-state index contributed by atoms with van der Waals surface area (Å²) in [5.41, 5.74) is 0.861. The van der Waals surface area contributed by atoms with Crippen LogP contribution < -0.4 is 5.32 Å². The van der Waals surface area contributed by atoms with Crippen molar-refractivity contribution in [3.8, 4) is 5.75 Å². The molecule has 0 radical (unpaired) electrons. The number of halogens is 2. The van der Waals surface area contributed by atoms with Crippen molar-refractivity contribution in [2.24, 2.45) is 0 Å². The van der Waals surface area contributed by atoms with Crippen LogP contribution >= 0.6 is 27.5 Å². The molecule has 3 nitrogen and oxygen atoms in total. The van der Waals surface area contributed by atoms with Crippen LogP contribution in [0.1, 0.15) is 31.4 Å². The van der Waals surface area contributed by atoms with Gasteiger partial charge in [0.1, 0.15) is 5.75 Å². The number of piperazine rings is 1. The summed E-state index contributed by atoms with van der Waals surface area (Å²) in [6, 6.07) is 3.84. The van der Waals surface area contributed by atoms with Crippen LogP contribution in [-0.4, -0.2) is 36.2 Å². The Morgan fingerprint density at radius 3 is 2.74 bits per heavy atom. The fourth-order valence-electron chi connectivity index (χ4n) is 2.65. The standard InChI is InChI=1S/C14H20BrClN2O/c1-2-3-12(18-8-6-17-7-9-18)13-11(16)5-4-10(15)14(13)19/h4-5,12,17,19H,2-3,6-9H2,1H3/t12-/m0/s1. The Balaban J connectivity index is 2.35. The van der Waals surface area contributed by atoms with Crippen molar-refractivity contribution in [3.05, 3.63) is 27.2 Å². The maximum Gasteiger partial charge on any atom is 0.136 e. The highest BCUT2D eigenvalue weighted by Crippen LogP contribution is 2.41. The molecular formula is C14H20BrClN2O. The van der Waals surface area contributed by atoms with E-state index in [1.54, 1.807) is 6.07 Å². The number of aromatic hydroxyl groups is 1. The monoisotopic (exact) mass is 346 g/mol. The number of hydrogen-bond donors (Lipinski definition) is 2. The molecule has 0 spiro atoms. The quantitative estimate of drug-likeness (QED) is 0.874. The molecule has 0 aliphatic carbocycles. The second-order valence-corrected chi connectivity index (χ2v) is 6.14. The molecule has 1 atom stereocenters. The fraction of sp³-hybridized carbons (Fsp3) is 0.571. The molecule has 0 unspecified atom stereocenters. The van der Waals surface area contributed by atoms with Crippen LogP contribution in [0.5, 0.6) is 5.75 Å². The summed E-state index contributed by atoms with van der Waals surface area (Å²) in [5.74, 6) is 0.282. The molecule has 1 aromatic carbocycles. The minimum Gasteiger partial charge on any atom is -0.506 e. The zero-order chi connectivity index (χ0) is 13.8. The molecule has 2 rings (SSSR count). The largest absolute Gasteiger partial charge is 0.506 e. The lowest BCUT2D eigenvalue weighted by molar-refractivity contribution is 0.162. The predicted molar refractivity (Wildman–Crippen MR) is 82.9 cm³/mol. The van der Waals surface area contributed by atoms with Gasteiger partial charge in [0.05, 0.1) is 4.47 Å². The number of phenolic OH excluding ortho intramolecular Hbond substituents is 1. The number of rotatable bonds is 4. The van der Waals surface area contributed by atoms with Gasteiger partial charge in [-0.2, -0.15) is 0 Å². The van der Waals surface area contributed by atoms with Crippen LogP contribution in [0.25, 0.3) is 0 Å². The number of nitrogens with zero attached hydrogens (tertiary/aromatic N) is 1. The highest BCUT2D eigenvalue weighted by Gasteiger charge is 2.26. The average molecular weight is 348 g/mol. The summed E-state index contributed by atoms with van der Waals surface area (Å²) in [4.78, 5) is 2.41.